The first-order valence-corrected chi connectivity index (χ1v) is 7.28. The van der Waals surface area contributed by atoms with Crippen molar-refractivity contribution in [1.82, 2.24) is 10.6 Å². The summed E-state index contributed by atoms with van der Waals surface area (Å²) in [5, 5.41) is 5.87. The Morgan fingerprint density at radius 2 is 1.78 bits per heavy atom. The van der Waals surface area contributed by atoms with Crippen molar-refractivity contribution in [2.45, 2.75) is 51.0 Å². The molecule has 2 saturated carbocycles. The number of carbonyl (C=O) groups is 2. The molecule has 4 bridgehead atoms. The van der Waals surface area contributed by atoms with Gasteiger partial charge in [0, 0.05) is 24.9 Å². The van der Waals surface area contributed by atoms with Crippen LogP contribution in [0.1, 0.15) is 44.9 Å². The van der Waals surface area contributed by atoms with Crippen LogP contribution in [-0.2, 0) is 9.59 Å². The Bertz CT molecular complexity index is 342. The Balaban J connectivity index is 0.000000111. The van der Waals surface area contributed by atoms with Gasteiger partial charge in [0.2, 0.25) is 11.8 Å². The number of hydrogen-bond acceptors (Lipinski definition) is 2. The molecule has 0 aromatic rings. The summed E-state index contributed by atoms with van der Waals surface area (Å²) in [4.78, 5) is 21.8. The summed E-state index contributed by atoms with van der Waals surface area (Å²) in [6.45, 7) is 0.940. The Morgan fingerprint density at radius 1 is 0.944 bits per heavy atom. The second-order valence-electron chi connectivity index (χ2n) is 6.27. The molecule has 4 aliphatic rings. The van der Waals surface area contributed by atoms with Crippen molar-refractivity contribution >= 4 is 11.8 Å². The van der Waals surface area contributed by atoms with Crippen LogP contribution in [0.3, 0.4) is 0 Å². The van der Waals surface area contributed by atoms with E-state index in [0.29, 0.717) is 17.9 Å². The third-order valence-corrected chi connectivity index (χ3v) is 4.86. The van der Waals surface area contributed by atoms with Gasteiger partial charge in [-0.3, -0.25) is 9.59 Å². The largest absolute Gasteiger partial charge is 0.356 e. The number of amides is 2. The van der Waals surface area contributed by atoms with Gasteiger partial charge in [0.1, 0.15) is 0 Å². The molecule has 2 amide bonds. The van der Waals surface area contributed by atoms with Crippen LogP contribution in [0.15, 0.2) is 0 Å². The van der Waals surface area contributed by atoms with Gasteiger partial charge in [0.05, 0.1) is 0 Å². The quantitative estimate of drug-likeness (QED) is 0.679. The molecule has 4 heteroatoms. The van der Waals surface area contributed by atoms with E-state index in [-0.39, 0.29) is 5.91 Å². The van der Waals surface area contributed by atoms with Gasteiger partial charge in [-0.05, 0) is 50.4 Å². The van der Waals surface area contributed by atoms with E-state index in [1.807, 2.05) is 0 Å². The number of rotatable bonds is 0. The summed E-state index contributed by atoms with van der Waals surface area (Å²) in [7, 11) is 0. The van der Waals surface area contributed by atoms with Gasteiger partial charge < -0.3 is 10.6 Å². The maximum atomic E-state index is 10.9. The lowest BCUT2D eigenvalue weighted by molar-refractivity contribution is -0.126. The predicted molar refractivity (Wildman–Crippen MR) is 67.7 cm³/mol. The highest BCUT2D eigenvalue weighted by molar-refractivity contribution is 5.79. The lowest BCUT2D eigenvalue weighted by Crippen LogP contribution is -2.37. The normalized spacial score (nSPS) is 40.7. The molecule has 4 unspecified atom stereocenters. The van der Waals surface area contributed by atoms with Gasteiger partial charge in [0.25, 0.3) is 0 Å². The second kappa shape index (κ2) is 4.90. The van der Waals surface area contributed by atoms with Crippen molar-refractivity contribution in [2.24, 2.45) is 17.8 Å². The molecule has 2 N–H and O–H groups in total. The molecule has 2 heterocycles. The average molecular weight is 250 g/mol. The summed E-state index contributed by atoms with van der Waals surface area (Å²) in [5.41, 5.74) is 0. The molecule has 18 heavy (non-hydrogen) atoms. The summed E-state index contributed by atoms with van der Waals surface area (Å²) >= 11 is 0. The number of fused-ring (bicyclic) bond motifs is 4. The van der Waals surface area contributed by atoms with Crippen LogP contribution in [0, 0.1) is 17.8 Å². The van der Waals surface area contributed by atoms with Crippen molar-refractivity contribution in [2.75, 3.05) is 6.54 Å². The molecule has 2 aliphatic heterocycles. The van der Waals surface area contributed by atoms with E-state index >= 15 is 0 Å². The zero-order valence-corrected chi connectivity index (χ0v) is 10.8. The first kappa shape index (κ1) is 12.0. The van der Waals surface area contributed by atoms with E-state index in [1.54, 1.807) is 0 Å². The zero-order chi connectivity index (χ0) is 12.5. The van der Waals surface area contributed by atoms with Gasteiger partial charge in [-0.25, -0.2) is 0 Å². The second-order valence-corrected chi connectivity index (χ2v) is 6.27. The van der Waals surface area contributed by atoms with Gasteiger partial charge in [-0.1, -0.05) is 0 Å². The van der Waals surface area contributed by atoms with Crippen molar-refractivity contribution in [3.05, 3.63) is 0 Å². The first-order valence-electron chi connectivity index (χ1n) is 7.28. The smallest absolute Gasteiger partial charge is 0.223 e. The van der Waals surface area contributed by atoms with Crippen LogP contribution in [0.2, 0.25) is 0 Å². The van der Waals surface area contributed by atoms with Gasteiger partial charge >= 0.3 is 0 Å². The number of piperidine rings is 2. The van der Waals surface area contributed by atoms with Crippen LogP contribution < -0.4 is 10.6 Å². The molecule has 4 nitrogen and oxygen atoms in total. The van der Waals surface area contributed by atoms with Crippen LogP contribution in [0.4, 0.5) is 0 Å². The average Bonchev–Trinajstić information content (AvgIpc) is 2.90. The van der Waals surface area contributed by atoms with Gasteiger partial charge in [-0.2, -0.15) is 0 Å². The highest BCUT2D eigenvalue weighted by Gasteiger charge is 2.34. The fraction of sp³-hybridized carbons (Fsp3) is 0.857. The molecule has 4 atom stereocenters. The summed E-state index contributed by atoms with van der Waals surface area (Å²) in [6, 6.07) is 0.538. The standard InChI is InChI=1S/2C7H11NO/c9-7-6-2-1-5(3-6)4-8-7;9-7-4-5-1-2-6(3-5)8-7/h2*5-6H,1-4H2,(H,8,9). The molecular weight excluding hydrogens is 228 g/mol. The number of carbonyl (C=O) groups excluding carboxylic acids is 2. The number of nitrogens with one attached hydrogen (secondary N) is 2. The van der Waals surface area contributed by atoms with E-state index in [0.717, 1.165) is 37.6 Å². The topological polar surface area (TPSA) is 58.2 Å². The van der Waals surface area contributed by atoms with Crippen molar-refractivity contribution < 1.29 is 9.59 Å². The molecule has 0 aromatic carbocycles. The lowest BCUT2D eigenvalue weighted by Gasteiger charge is -2.18. The predicted octanol–water partition coefficient (Wildman–Crippen LogP) is 1.21. The fourth-order valence-electron chi connectivity index (χ4n) is 3.83. The third-order valence-electron chi connectivity index (χ3n) is 4.86. The van der Waals surface area contributed by atoms with Crippen molar-refractivity contribution in [1.29, 1.82) is 0 Å². The maximum absolute atomic E-state index is 10.9. The number of hydrogen-bond donors (Lipinski definition) is 2. The molecular formula is C14H22N2O2. The Labute approximate surface area is 108 Å². The monoisotopic (exact) mass is 250 g/mol. The van der Waals surface area contributed by atoms with Gasteiger partial charge in [-0.15, -0.1) is 0 Å². The van der Waals surface area contributed by atoms with Crippen LogP contribution in [0.25, 0.3) is 0 Å². The van der Waals surface area contributed by atoms with Crippen LogP contribution >= 0.6 is 0 Å². The molecule has 100 valence electrons. The minimum Gasteiger partial charge on any atom is -0.356 e. The highest BCUT2D eigenvalue weighted by Crippen LogP contribution is 2.33. The van der Waals surface area contributed by atoms with Crippen molar-refractivity contribution in [3.63, 3.8) is 0 Å². The Morgan fingerprint density at radius 3 is 2.56 bits per heavy atom. The van der Waals surface area contributed by atoms with E-state index in [2.05, 4.69) is 10.6 Å². The third kappa shape index (κ3) is 2.52. The SMILES string of the molecule is O=C1CC2CCC(C2)N1.O=C1NCC2CCC1C2. The van der Waals surface area contributed by atoms with Crippen molar-refractivity contribution in [3.8, 4) is 0 Å². The van der Waals surface area contributed by atoms with E-state index in [1.165, 1.54) is 25.7 Å². The fourth-order valence-corrected chi connectivity index (χ4v) is 3.83. The maximum Gasteiger partial charge on any atom is 0.223 e. The molecule has 4 fully saturated rings. The molecule has 4 rings (SSSR count). The summed E-state index contributed by atoms with van der Waals surface area (Å²) in [6.07, 6.45) is 8.08. The summed E-state index contributed by atoms with van der Waals surface area (Å²) < 4.78 is 0. The molecule has 2 aliphatic carbocycles. The minimum atomic E-state index is 0.272. The van der Waals surface area contributed by atoms with E-state index in [4.69, 9.17) is 0 Å². The van der Waals surface area contributed by atoms with Gasteiger partial charge in [0.15, 0.2) is 0 Å². The Hall–Kier alpha value is -1.06. The minimum absolute atomic E-state index is 0.272. The molecule has 0 spiro atoms. The first-order chi connectivity index (χ1) is 8.70. The van der Waals surface area contributed by atoms with E-state index in [9.17, 15) is 9.59 Å². The summed E-state index contributed by atoms with van der Waals surface area (Å²) in [5.74, 6) is 2.48. The van der Waals surface area contributed by atoms with E-state index < -0.39 is 0 Å². The molecule has 2 saturated heterocycles. The molecule has 0 radical (unpaired) electrons. The Kier molecular flexibility index (Phi) is 3.27. The lowest BCUT2D eigenvalue weighted by atomic mass is 10.0. The zero-order valence-electron chi connectivity index (χ0n) is 10.8. The van der Waals surface area contributed by atoms with Crippen LogP contribution in [0.5, 0.6) is 0 Å². The molecule has 0 aromatic heterocycles. The highest BCUT2D eigenvalue weighted by atomic mass is 16.2. The van der Waals surface area contributed by atoms with Crippen LogP contribution in [-0.4, -0.2) is 24.4 Å².